The zero-order valence-corrected chi connectivity index (χ0v) is 18.1. The fourth-order valence-corrected chi connectivity index (χ4v) is 3.13. The minimum Gasteiger partial charge on any atom is -0.508 e. The number of benzene rings is 1. The van der Waals surface area contributed by atoms with Gasteiger partial charge in [-0.2, -0.15) is 0 Å². The fourth-order valence-electron chi connectivity index (χ4n) is 3.13. The highest BCUT2D eigenvalue weighted by Gasteiger charge is 2.52. The van der Waals surface area contributed by atoms with Gasteiger partial charge in [0.2, 0.25) is 0 Å². The van der Waals surface area contributed by atoms with Gasteiger partial charge in [0.25, 0.3) is 0 Å². The number of para-hydroxylation sites is 1. The zero-order valence-electron chi connectivity index (χ0n) is 18.1. The van der Waals surface area contributed by atoms with Crippen LogP contribution in [0.4, 0.5) is 0 Å². The zero-order chi connectivity index (χ0) is 23.8. The van der Waals surface area contributed by atoms with Crippen molar-refractivity contribution in [2.75, 3.05) is 6.61 Å². The number of aromatic hydroxyl groups is 1. The van der Waals surface area contributed by atoms with Crippen LogP contribution in [0.2, 0.25) is 0 Å². The summed E-state index contributed by atoms with van der Waals surface area (Å²) in [5.74, 6) is -2.84. The van der Waals surface area contributed by atoms with Crippen molar-refractivity contribution in [1.82, 2.24) is 0 Å². The third kappa shape index (κ3) is 7.20. The van der Waals surface area contributed by atoms with Crippen LogP contribution in [0, 0.1) is 0 Å². The van der Waals surface area contributed by atoms with Gasteiger partial charge in [0, 0.05) is 33.3 Å². The topological polar surface area (TPSA) is 144 Å². The number of ether oxygens (including phenoxy) is 6. The highest BCUT2D eigenvalue weighted by Crippen LogP contribution is 2.31. The van der Waals surface area contributed by atoms with E-state index in [1.54, 1.807) is 18.2 Å². The molecule has 1 aromatic carbocycles. The SMILES string of the molecule is CC(=O)OC[C@H]1O[C@@H](OCc2ccccc2O)[C@H](OC(C)=O)[C@@H](OC(C)=O)[C@@H]1OC(C)=O. The van der Waals surface area contributed by atoms with Crippen molar-refractivity contribution in [2.45, 2.75) is 65.0 Å². The predicted octanol–water partition coefficient (Wildman–Crippen LogP) is 0.992. The van der Waals surface area contributed by atoms with E-state index in [0.717, 1.165) is 20.8 Å². The molecule has 1 fully saturated rings. The Morgan fingerprint density at radius 1 is 0.844 bits per heavy atom. The van der Waals surface area contributed by atoms with Gasteiger partial charge in [-0.3, -0.25) is 19.2 Å². The summed E-state index contributed by atoms with van der Waals surface area (Å²) in [5, 5.41) is 9.97. The Morgan fingerprint density at radius 3 is 1.97 bits per heavy atom. The van der Waals surface area contributed by atoms with E-state index in [-0.39, 0.29) is 19.0 Å². The molecule has 2 rings (SSSR count). The predicted molar refractivity (Wildman–Crippen MR) is 105 cm³/mol. The largest absolute Gasteiger partial charge is 0.508 e. The van der Waals surface area contributed by atoms with Gasteiger partial charge in [0.15, 0.2) is 24.6 Å². The van der Waals surface area contributed by atoms with Gasteiger partial charge >= 0.3 is 23.9 Å². The number of phenolic OH excluding ortho intramolecular Hbond substituents is 1. The second-order valence-corrected chi connectivity index (χ2v) is 7.01. The Labute approximate surface area is 184 Å². The van der Waals surface area contributed by atoms with Gasteiger partial charge in [-0.1, -0.05) is 18.2 Å². The van der Waals surface area contributed by atoms with Gasteiger partial charge in [0.1, 0.15) is 18.5 Å². The van der Waals surface area contributed by atoms with E-state index >= 15 is 0 Å². The summed E-state index contributed by atoms with van der Waals surface area (Å²) in [6.45, 7) is 4.08. The number of phenols is 1. The number of esters is 4. The lowest BCUT2D eigenvalue weighted by Crippen LogP contribution is -2.62. The van der Waals surface area contributed by atoms with Crippen LogP contribution in [0.1, 0.15) is 33.3 Å². The molecule has 0 aromatic heterocycles. The van der Waals surface area contributed by atoms with Gasteiger partial charge in [-0.15, -0.1) is 0 Å². The summed E-state index contributed by atoms with van der Waals surface area (Å²) in [5.41, 5.74) is 0.417. The number of rotatable bonds is 8. The molecule has 0 unspecified atom stereocenters. The maximum atomic E-state index is 11.8. The molecule has 5 atom stereocenters. The highest BCUT2D eigenvalue weighted by atomic mass is 16.7. The van der Waals surface area contributed by atoms with Crippen molar-refractivity contribution in [3.63, 3.8) is 0 Å². The molecule has 0 saturated carbocycles. The van der Waals surface area contributed by atoms with E-state index < -0.39 is 54.6 Å². The first-order valence-electron chi connectivity index (χ1n) is 9.77. The van der Waals surface area contributed by atoms with Crippen LogP contribution in [0.3, 0.4) is 0 Å². The summed E-state index contributed by atoms with van der Waals surface area (Å²) in [6, 6.07) is 6.39. The van der Waals surface area contributed by atoms with E-state index in [9.17, 15) is 24.3 Å². The van der Waals surface area contributed by atoms with Crippen molar-refractivity contribution in [1.29, 1.82) is 0 Å². The minimum absolute atomic E-state index is 0.0295. The summed E-state index contributed by atoms with van der Waals surface area (Å²) in [4.78, 5) is 46.5. The summed E-state index contributed by atoms with van der Waals surface area (Å²) in [6.07, 6.45) is -6.31. The number of hydrogen-bond acceptors (Lipinski definition) is 11. The monoisotopic (exact) mass is 454 g/mol. The van der Waals surface area contributed by atoms with Crippen molar-refractivity contribution in [3.05, 3.63) is 29.8 Å². The van der Waals surface area contributed by atoms with E-state index in [2.05, 4.69) is 0 Å². The first kappa shape index (κ1) is 25.1. The average Bonchev–Trinajstić information content (AvgIpc) is 2.68. The highest BCUT2D eigenvalue weighted by molar-refractivity contribution is 5.68. The van der Waals surface area contributed by atoms with Crippen LogP contribution in [-0.4, -0.2) is 66.3 Å². The first-order chi connectivity index (χ1) is 15.1. The van der Waals surface area contributed by atoms with Crippen LogP contribution < -0.4 is 0 Å². The quantitative estimate of drug-likeness (QED) is 0.443. The number of carbonyl (C=O) groups excluding carboxylic acids is 4. The standard InChI is InChI=1S/C21H26O11/c1-11(22)27-10-17-18(29-12(2)23)19(30-13(3)24)20(31-14(4)25)21(32-17)28-9-15-7-5-6-8-16(15)26/h5-8,17-21,26H,9-10H2,1-4H3/t17-,18-,19+,20-,21-/m1/s1. The molecule has 0 bridgehead atoms. The molecule has 0 spiro atoms. The second-order valence-electron chi connectivity index (χ2n) is 7.01. The van der Waals surface area contributed by atoms with Gasteiger partial charge in [-0.25, -0.2) is 0 Å². The molecule has 0 amide bonds. The molecule has 1 aliphatic heterocycles. The normalized spacial score (nSPS) is 24.8. The first-order valence-corrected chi connectivity index (χ1v) is 9.77. The Kier molecular flexibility index (Phi) is 8.97. The molecule has 32 heavy (non-hydrogen) atoms. The summed E-state index contributed by atoms with van der Waals surface area (Å²) >= 11 is 0. The van der Waals surface area contributed by atoms with E-state index in [1.165, 1.54) is 13.0 Å². The van der Waals surface area contributed by atoms with Crippen LogP contribution in [0.5, 0.6) is 5.75 Å². The third-order valence-corrected chi connectivity index (χ3v) is 4.34. The van der Waals surface area contributed by atoms with Crippen LogP contribution >= 0.6 is 0 Å². The van der Waals surface area contributed by atoms with Crippen molar-refractivity contribution >= 4 is 23.9 Å². The van der Waals surface area contributed by atoms with Crippen LogP contribution in [0.15, 0.2) is 24.3 Å². The lowest BCUT2D eigenvalue weighted by molar-refractivity contribution is -0.310. The molecule has 11 heteroatoms. The van der Waals surface area contributed by atoms with Crippen LogP contribution in [0.25, 0.3) is 0 Å². The molecule has 1 heterocycles. The maximum absolute atomic E-state index is 11.8. The van der Waals surface area contributed by atoms with Crippen molar-refractivity contribution < 1.29 is 52.7 Å². The Morgan fingerprint density at radius 2 is 1.41 bits per heavy atom. The fraction of sp³-hybridized carbons (Fsp3) is 0.524. The Balaban J connectivity index is 2.37. The molecule has 1 aliphatic rings. The third-order valence-electron chi connectivity index (χ3n) is 4.34. The lowest BCUT2D eigenvalue weighted by Gasteiger charge is -2.44. The van der Waals surface area contributed by atoms with Gasteiger partial charge < -0.3 is 33.5 Å². The maximum Gasteiger partial charge on any atom is 0.303 e. The molecule has 1 N–H and O–H groups in total. The molecule has 1 saturated heterocycles. The molecule has 176 valence electrons. The average molecular weight is 454 g/mol. The van der Waals surface area contributed by atoms with Gasteiger partial charge in [0.05, 0.1) is 6.61 Å². The number of hydrogen-bond donors (Lipinski definition) is 1. The van der Waals surface area contributed by atoms with E-state index in [1.807, 2.05) is 0 Å². The second kappa shape index (κ2) is 11.4. The van der Waals surface area contributed by atoms with E-state index in [0.29, 0.717) is 5.56 Å². The van der Waals surface area contributed by atoms with Crippen molar-refractivity contribution in [2.24, 2.45) is 0 Å². The molecule has 11 nitrogen and oxygen atoms in total. The smallest absolute Gasteiger partial charge is 0.303 e. The Hall–Kier alpha value is -3.18. The van der Waals surface area contributed by atoms with Gasteiger partial charge in [-0.05, 0) is 6.07 Å². The van der Waals surface area contributed by atoms with Crippen LogP contribution in [-0.2, 0) is 54.2 Å². The summed E-state index contributed by atoms with van der Waals surface area (Å²) < 4.78 is 32.4. The minimum atomic E-state index is -1.32. The molecule has 1 aromatic rings. The molecular weight excluding hydrogens is 428 g/mol. The van der Waals surface area contributed by atoms with E-state index in [4.69, 9.17) is 28.4 Å². The van der Waals surface area contributed by atoms with Crippen molar-refractivity contribution in [3.8, 4) is 5.75 Å². The molecule has 0 radical (unpaired) electrons. The number of carbonyl (C=O) groups is 4. The lowest BCUT2D eigenvalue weighted by atomic mass is 9.98. The summed E-state index contributed by atoms with van der Waals surface area (Å²) in [7, 11) is 0. The Bertz CT molecular complexity index is 837. The molecular formula is C21H26O11. The molecule has 0 aliphatic carbocycles.